The van der Waals surface area contributed by atoms with Crippen molar-refractivity contribution in [1.29, 1.82) is 0 Å². The highest BCUT2D eigenvalue weighted by molar-refractivity contribution is 7.15. The van der Waals surface area contributed by atoms with Crippen molar-refractivity contribution in [3.05, 3.63) is 53.5 Å². The van der Waals surface area contributed by atoms with Crippen molar-refractivity contribution in [3.63, 3.8) is 0 Å². The van der Waals surface area contributed by atoms with Crippen LogP contribution in [0.1, 0.15) is 11.8 Å². The third-order valence-corrected chi connectivity index (χ3v) is 4.15. The van der Waals surface area contributed by atoms with Crippen LogP contribution in [0.4, 0.5) is 0 Å². The second-order valence-electron chi connectivity index (χ2n) is 4.44. The van der Waals surface area contributed by atoms with Crippen molar-refractivity contribution < 1.29 is 0 Å². The minimum atomic E-state index is 0.902. The Labute approximate surface area is 117 Å². The Kier molecular flexibility index (Phi) is 3.58. The van der Waals surface area contributed by atoms with Crippen LogP contribution < -0.4 is 5.32 Å². The molecule has 0 unspecified atom stereocenters. The molecule has 2 nitrogen and oxygen atoms in total. The van der Waals surface area contributed by atoms with Gasteiger partial charge in [0, 0.05) is 23.2 Å². The molecule has 0 aliphatic carbocycles. The van der Waals surface area contributed by atoms with Gasteiger partial charge in [0.25, 0.3) is 0 Å². The van der Waals surface area contributed by atoms with Crippen LogP contribution in [0.3, 0.4) is 0 Å². The van der Waals surface area contributed by atoms with Crippen LogP contribution in [0.2, 0.25) is 0 Å². The molecule has 0 saturated carbocycles. The largest absolute Gasteiger partial charge is 0.312 e. The van der Waals surface area contributed by atoms with E-state index in [9.17, 15) is 0 Å². The molecular weight excluding hydrogens is 252 g/mol. The summed E-state index contributed by atoms with van der Waals surface area (Å²) in [6.45, 7) is 4.01. The highest BCUT2D eigenvalue weighted by Crippen LogP contribution is 2.31. The monoisotopic (exact) mass is 268 g/mol. The molecule has 0 fully saturated rings. The number of nitrogens with one attached hydrogen (secondary N) is 1. The zero-order valence-corrected chi connectivity index (χ0v) is 11.7. The second kappa shape index (κ2) is 5.51. The van der Waals surface area contributed by atoms with E-state index in [2.05, 4.69) is 59.7 Å². The van der Waals surface area contributed by atoms with Gasteiger partial charge in [-0.05, 0) is 17.3 Å². The molecule has 19 heavy (non-hydrogen) atoms. The first kappa shape index (κ1) is 12.3. The fourth-order valence-corrected chi connectivity index (χ4v) is 3.10. The van der Waals surface area contributed by atoms with E-state index in [-0.39, 0.29) is 0 Å². The minimum Gasteiger partial charge on any atom is -0.312 e. The average Bonchev–Trinajstić information content (AvgIpc) is 2.93. The number of rotatable bonds is 4. The third kappa shape index (κ3) is 2.53. The van der Waals surface area contributed by atoms with Gasteiger partial charge < -0.3 is 5.32 Å². The zero-order chi connectivity index (χ0) is 13.1. The Hall–Kier alpha value is -1.71. The standard InChI is InChI=1S/C16H16N2S/c1-2-17-10-13-11-18-16(19-13)15-9-5-7-12-6-3-4-8-14(12)15/h3-9,11,17H,2,10H2,1H3. The molecule has 2 aromatic carbocycles. The molecule has 0 radical (unpaired) electrons. The van der Waals surface area contributed by atoms with E-state index in [4.69, 9.17) is 0 Å². The first-order chi connectivity index (χ1) is 9.38. The number of hydrogen-bond acceptors (Lipinski definition) is 3. The van der Waals surface area contributed by atoms with Gasteiger partial charge >= 0.3 is 0 Å². The van der Waals surface area contributed by atoms with E-state index in [1.165, 1.54) is 21.2 Å². The minimum absolute atomic E-state index is 0.902. The summed E-state index contributed by atoms with van der Waals surface area (Å²) in [7, 11) is 0. The summed E-state index contributed by atoms with van der Waals surface area (Å²) in [6.07, 6.45) is 1.98. The molecule has 0 aliphatic heterocycles. The summed E-state index contributed by atoms with van der Waals surface area (Å²) in [5, 5.41) is 6.98. The number of benzene rings is 2. The van der Waals surface area contributed by atoms with Crippen LogP contribution >= 0.6 is 11.3 Å². The predicted octanol–water partition coefficient (Wildman–Crippen LogP) is 4.07. The summed E-state index contributed by atoms with van der Waals surface area (Å²) >= 11 is 1.77. The first-order valence-electron chi connectivity index (χ1n) is 6.52. The summed E-state index contributed by atoms with van der Waals surface area (Å²) in [6, 6.07) is 14.9. The fraction of sp³-hybridized carbons (Fsp3) is 0.188. The molecule has 0 aliphatic rings. The molecule has 0 saturated heterocycles. The van der Waals surface area contributed by atoms with E-state index >= 15 is 0 Å². The molecule has 1 heterocycles. The van der Waals surface area contributed by atoms with Crippen LogP contribution in [0.15, 0.2) is 48.7 Å². The Morgan fingerprint density at radius 2 is 1.95 bits per heavy atom. The van der Waals surface area contributed by atoms with Crippen LogP contribution in [-0.4, -0.2) is 11.5 Å². The molecular formula is C16H16N2S. The maximum atomic E-state index is 4.57. The summed E-state index contributed by atoms with van der Waals surface area (Å²) in [5.41, 5.74) is 1.23. The maximum absolute atomic E-state index is 4.57. The number of nitrogens with zero attached hydrogens (tertiary/aromatic N) is 1. The summed E-state index contributed by atoms with van der Waals surface area (Å²) in [5.74, 6) is 0. The van der Waals surface area contributed by atoms with E-state index in [0.29, 0.717) is 0 Å². The van der Waals surface area contributed by atoms with E-state index in [0.717, 1.165) is 18.1 Å². The van der Waals surface area contributed by atoms with Crippen molar-refractivity contribution in [1.82, 2.24) is 10.3 Å². The van der Waals surface area contributed by atoms with Crippen molar-refractivity contribution in [2.75, 3.05) is 6.54 Å². The first-order valence-corrected chi connectivity index (χ1v) is 7.33. The smallest absolute Gasteiger partial charge is 0.124 e. The van der Waals surface area contributed by atoms with Crippen molar-refractivity contribution in [2.24, 2.45) is 0 Å². The third-order valence-electron chi connectivity index (χ3n) is 3.12. The molecule has 3 rings (SSSR count). The predicted molar refractivity (Wildman–Crippen MR) is 82.4 cm³/mol. The Morgan fingerprint density at radius 3 is 2.84 bits per heavy atom. The maximum Gasteiger partial charge on any atom is 0.124 e. The number of hydrogen-bond donors (Lipinski definition) is 1. The molecule has 1 N–H and O–H groups in total. The lowest BCUT2D eigenvalue weighted by atomic mass is 10.1. The molecule has 1 aromatic heterocycles. The lowest BCUT2D eigenvalue weighted by Gasteiger charge is -2.03. The Bertz CT molecular complexity index is 683. The quantitative estimate of drug-likeness (QED) is 0.771. The van der Waals surface area contributed by atoms with E-state index in [1.54, 1.807) is 11.3 Å². The van der Waals surface area contributed by atoms with Gasteiger partial charge in [-0.15, -0.1) is 11.3 Å². The Balaban J connectivity index is 2.02. The molecule has 3 heteroatoms. The van der Waals surface area contributed by atoms with Crippen molar-refractivity contribution in [2.45, 2.75) is 13.5 Å². The number of thiazole rings is 1. The SMILES string of the molecule is CCNCc1cnc(-c2cccc3ccccc23)s1. The molecule has 0 spiro atoms. The average molecular weight is 268 g/mol. The van der Waals surface area contributed by atoms with Gasteiger partial charge in [-0.3, -0.25) is 0 Å². The highest BCUT2D eigenvalue weighted by atomic mass is 32.1. The fourth-order valence-electron chi connectivity index (χ4n) is 2.17. The van der Waals surface area contributed by atoms with E-state index in [1.807, 2.05) is 6.20 Å². The van der Waals surface area contributed by atoms with Crippen LogP contribution in [0, 0.1) is 0 Å². The van der Waals surface area contributed by atoms with E-state index < -0.39 is 0 Å². The van der Waals surface area contributed by atoms with Crippen LogP contribution in [0.25, 0.3) is 21.3 Å². The number of fused-ring (bicyclic) bond motifs is 1. The van der Waals surface area contributed by atoms with Gasteiger partial charge in [-0.2, -0.15) is 0 Å². The lowest BCUT2D eigenvalue weighted by molar-refractivity contribution is 0.734. The summed E-state index contributed by atoms with van der Waals surface area (Å²) in [4.78, 5) is 5.85. The molecule has 0 atom stereocenters. The van der Waals surface area contributed by atoms with Gasteiger partial charge in [0.2, 0.25) is 0 Å². The van der Waals surface area contributed by atoms with Crippen LogP contribution in [0.5, 0.6) is 0 Å². The molecule has 0 amide bonds. The zero-order valence-electron chi connectivity index (χ0n) is 10.9. The normalized spacial score (nSPS) is 11.0. The van der Waals surface area contributed by atoms with Crippen LogP contribution in [-0.2, 0) is 6.54 Å². The second-order valence-corrected chi connectivity index (χ2v) is 5.55. The Morgan fingerprint density at radius 1 is 1.11 bits per heavy atom. The summed E-state index contributed by atoms with van der Waals surface area (Å²) < 4.78 is 0. The van der Waals surface area contributed by atoms with Gasteiger partial charge in [0.1, 0.15) is 5.01 Å². The lowest BCUT2D eigenvalue weighted by Crippen LogP contribution is -2.10. The van der Waals surface area contributed by atoms with Gasteiger partial charge in [0.05, 0.1) is 0 Å². The van der Waals surface area contributed by atoms with Crippen molar-refractivity contribution >= 4 is 22.1 Å². The van der Waals surface area contributed by atoms with Crippen molar-refractivity contribution in [3.8, 4) is 10.6 Å². The number of aromatic nitrogens is 1. The molecule has 96 valence electrons. The topological polar surface area (TPSA) is 24.9 Å². The van der Waals surface area contributed by atoms with Gasteiger partial charge in [-0.25, -0.2) is 4.98 Å². The molecule has 0 bridgehead atoms. The molecule has 3 aromatic rings. The van der Waals surface area contributed by atoms with Gasteiger partial charge in [0.15, 0.2) is 0 Å². The van der Waals surface area contributed by atoms with Gasteiger partial charge in [-0.1, -0.05) is 49.4 Å². The highest BCUT2D eigenvalue weighted by Gasteiger charge is 2.07.